The summed E-state index contributed by atoms with van der Waals surface area (Å²) in [6.45, 7) is 3.45. The number of thiazole rings is 1. The molecule has 0 aliphatic carbocycles. The third-order valence-corrected chi connectivity index (χ3v) is 7.37. The molecule has 2 aliphatic heterocycles. The van der Waals surface area contributed by atoms with Gasteiger partial charge in [0.2, 0.25) is 6.79 Å². The van der Waals surface area contributed by atoms with Crippen LogP contribution in [-0.2, 0) is 35.2 Å². The zero-order valence-corrected chi connectivity index (χ0v) is 22.1. The number of rotatable bonds is 10. The lowest BCUT2D eigenvalue weighted by molar-refractivity contribution is -0.143. The van der Waals surface area contributed by atoms with Crippen LogP contribution in [0.4, 0.5) is 5.82 Å². The van der Waals surface area contributed by atoms with E-state index in [1.807, 2.05) is 25.1 Å². The van der Waals surface area contributed by atoms with Crippen LogP contribution in [0.2, 0.25) is 0 Å². The number of halogens is 1. The van der Waals surface area contributed by atoms with E-state index in [0.717, 1.165) is 71.5 Å². The Kier molecular flexibility index (Phi) is 9.04. The molecule has 1 N–H and O–H groups in total. The fourth-order valence-electron chi connectivity index (χ4n) is 4.63. The fourth-order valence-corrected chi connectivity index (χ4v) is 5.49. The van der Waals surface area contributed by atoms with Gasteiger partial charge in [0.05, 0.1) is 23.7 Å². The van der Waals surface area contributed by atoms with Crippen molar-refractivity contribution in [2.24, 2.45) is 0 Å². The van der Waals surface area contributed by atoms with Crippen molar-refractivity contribution in [2.45, 2.75) is 57.8 Å². The second kappa shape index (κ2) is 12.4. The number of hydrogen-bond acceptors (Lipinski definition) is 8. The smallest absolute Gasteiger partial charge is 0.306 e. The van der Waals surface area contributed by atoms with Gasteiger partial charge in [0.15, 0.2) is 11.5 Å². The third-order valence-electron chi connectivity index (χ3n) is 6.42. The van der Waals surface area contributed by atoms with Crippen molar-refractivity contribution in [1.29, 1.82) is 0 Å². The maximum absolute atomic E-state index is 12.3. The topological polar surface area (TPSA) is 82.6 Å². The largest absolute Gasteiger partial charge is 0.466 e. The normalized spacial score (nSPS) is 14.4. The van der Waals surface area contributed by atoms with Crippen LogP contribution in [0.3, 0.4) is 0 Å². The molecule has 1 aromatic carbocycles. The van der Waals surface area contributed by atoms with Gasteiger partial charge in [0.25, 0.3) is 0 Å². The van der Waals surface area contributed by atoms with Gasteiger partial charge >= 0.3 is 5.97 Å². The van der Waals surface area contributed by atoms with E-state index in [9.17, 15) is 4.79 Å². The molecule has 2 aromatic heterocycles. The number of nitrogens with one attached hydrogen (secondary N) is 1. The summed E-state index contributed by atoms with van der Waals surface area (Å²) < 4.78 is 16.2. The Bertz CT molecular complexity index is 1190. The van der Waals surface area contributed by atoms with Crippen LogP contribution >= 0.6 is 23.7 Å². The Hall–Kier alpha value is -2.84. The Balaban J connectivity index is 0.00000304. The molecule has 36 heavy (non-hydrogen) atoms. The van der Waals surface area contributed by atoms with E-state index in [0.29, 0.717) is 19.4 Å². The summed E-state index contributed by atoms with van der Waals surface area (Å²) in [7, 11) is 0. The molecule has 9 heteroatoms. The van der Waals surface area contributed by atoms with Crippen molar-refractivity contribution in [3.8, 4) is 11.5 Å². The summed E-state index contributed by atoms with van der Waals surface area (Å²) in [6, 6.07) is 10.3. The highest BCUT2D eigenvalue weighted by Gasteiger charge is 2.22. The van der Waals surface area contributed by atoms with Gasteiger partial charge in [-0.2, -0.15) is 0 Å². The van der Waals surface area contributed by atoms with E-state index in [4.69, 9.17) is 24.2 Å². The van der Waals surface area contributed by atoms with E-state index < -0.39 is 0 Å². The molecule has 2 aliphatic rings. The fraction of sp³-hybridized carbons (Fsp3) is 0.444. The van der Waals surface area contributed by atoms with E-state index in [1.165, 1.54) is 12.0 Å². The number of aromatic nitrogens is 2. The molecule has 0 radical (unpaired) electrons. The Morgan fingerprint density at radius 3 is 2.92 bits per heavy atom. The number of ether oxygens (including phenoxy) is 3. The second-order valence-corrected chi connectivity index (χ2v) is 9.89. The Morgan fingerprint density at radius 1 is 1.14 bits per heavy atom. The summed E-state index contributed by atoms with van der Waals surface area (Å²) in [5, 5.41) is 6.65. The molecule has 0 bridgehead atoms. The summed E-state index contributed by atoms with van der Waals surface area (Å²) in [5.74, 6) is 2.29. The summed E-state index contributed by atoms with van der Waals surface area (Å²) >= 11 is 1.69. The van der Waals surface area contributed by atoms with E-state index in [-0.39, 0.29) is 31.1 Å². The number of hydrogen-bond donors (Lipinski definition) is 1. The third kappa shape index (κ3) is 6.48. The first-order valence-electron chi connectivity index (χ1n) is 12.4. The molecule has 5 rings (SSSR count). The zero-order valence-electron chi connectivity index (χ0n) is 20.5. The number of carbonyl (C=O) groups is 1. The highest BCUT2D eigenvalue weighted by atomic mass is 35.5. The van der Waals surface area contributed by atoms with Gasteiger partial charge in [-0.25, -0.2) is 9.97 Å². The van der Waals surface area contributed by atoms with Crippen molar-refractivity contribution < 1.29 is 19.0 Å². The van der Waals surface area contributed by atoms with Gasteiger partial charge in [-0.3, -0.25) is 4.79 Å². The van der Waals surface area contributed by atoms with Gasteiger partial charge in [-0.05, 0) is 74.8 Å². The van der Waals surface area contributed by atoms with Gasteiger partial charge in [0, 0.05) is 23.5 Å². The quantitative estimate of drug-likeness (QED) is 0.347. The van der Waals surface area contributed by atoms with Crippen LogP contribution in [0.5, 0.6) is 11.5 Å². The molecule has 4 heterocycles. The minimum absolute atomic E-state index is 0. The molecular weight excluding hydrogens is 498 g/mol. The minimum Gasteiger partial charge on any atom is -0.466 e. The van der Waals surface area contributed by atoms with Crippen molar-refractivity contribution in [2.75, 3.05) is 25.3 Å². The first-order chi connectivity index (χ1) is 17.2. The lowest BCUT2D eigenvalue weighted by Crippen LogP contribution is -2.14. The Morgan fingerprint density at radius 2 is 2.03 bits per heavy atom. The van der Waals surface area contributed by atoms with E-state index in [1.54, 1.807) is 11.3 Å². The summed E-state index contributed by atoms with van der Waals surface area (Å²) in [5.41, 5.74) is 4.49. The standard InChI is InChI=1S/C27H31N3O4S.ClH/c1-2-32-26(31)15-20(19-9-11-23-24(14-19)34-17-33-23)13-22-16-35-25(29-22)7-3-6-21-10-8-18-5-4-12-28-27(18)30-21;/h8-11,14,16,20H,2-7,12-13,15,17H2,1H3,(H,28,30);1H/t20-;/m0./s1. The first-order valence-corrected chi connectivity index (χ1v) is 13.3. The molecular formula is C27H32ClN3O4S. The number of carbonyl (C=O) groups excluding carboxylic acids is 1. The van der Waals surface area contributed by atoms with Crippen LogP contribution in [0.25, 0.3) is 0 Å². The van der Waals surface area contributed by atoms with Gasteiger partial charge in [-0.1, -0.05) is 12.1 Å². The van der Waals surface area contributed by atoms with Crippen molar-refractivity contribution in [3.63, 3.8) is 0 Å². The molecule has 0 saturated heterocycles. The number of esters is 1. The molecule has 3 aromatic rings. The van der Waals surface area contributed by atoms with Crippen LogP contribution in [0.1, 0.15) is 59.6 Å². The number of nitrogens with zero attached hydrogens (tertiary/aromatic N) is 2. The highest BCUT2D eigenvalue weighted by Crippen LogP contribution is 2.36. The maximum atomic E-state index is 12.3. The SMILES string of the molecule is CCOC(=O)C[C@H](Cc1csc(CCCc2ccc3c(n2)NCCC3)n1)c1ccc2c(c1)OCO2.Cl. The molecule has 0 amide bonds. The number of anilines is 1. The van der Waals surface area contributed by atoms with Crippen molar-refractivity contribution in [1.82, 2.24) is 9.97 Å². The summed E-state index contributed by atoms with van der Waals surface area (Å²) in [6.07, 6.45) is 6.13. The maximum Gasteiger partial charge on any atom is 0.306 e. The molecule has 0 unspecified atom stereocenters. The Labute approximate surface area is 222 Å². The average molecular weight is 530 g/mol. The lowest BCUT2D eigenvalue weighted by atomic mass is 9.91. The van der Waals surface area contributed by atoms with Crippen LogP contribution < -0.4 is 14.8 Å². The summed E-state index contributed by atoms with van der Waals surface area (Å²) in [4.78, 5) is 22.0. The lowest BCUT2D eigenvalue weighted by Gasteiger charge is -2.17. The molecule has 192 valence electrons. The molecule has 0 spiro atoms. The molecule has 1 atom stereocenters. The molecule has 7 nitrogen and oxygen atoms in total. The number of fused-ring (bicyclic) bond motifs is 2. The number of pyridine rings is 1. The van der Waals surface area contributed by atoms with Gasteiger partial charge in [0.1, 0.15) is 5.82 Å². The van der Waals surface area contributed by atoms with Crippen LogP contribution in [-0.4, -0.2) is 35.9 Å². The first kappa shape index (κ1) is 26.2. The zero-order chi connectivity index (χ0) is 24.0. The van der Waals surface area contributed by atoms with E-state index >= 15 is 0 Å². The highest BCUT2D eigenvalue weighted by molar-refractivity contribution is 7.09. The minimum atomic E-state index is -0.197. The van der Waals surface area contributed by atoms with Crippen molar-refractivity contribution >= 4 is 35.5 Å². The van der Waals surface area contributed by atoms with Crippen LogP contribution in [0.15, 0.2) is 35.7 Å². The monoisotopic (exact) mass is 529 g/mol. The second-order valence-electron chi connectivity index (χ2n) is 8.95. The molecule has 0 saturated carbocycles. The van der Waals surface area contributed by atoms with Crippen molar-refractivity contribution in [3.05, 3.63) is 63.2 Å². The van der Waals surface area contributed by atoms with Gasteiger partial charge < -0.3 is 19.5 Å². The average Bonchev–Trinajstić information content (AvgIpc) is 3.52. The predicted octanol–water partition coefficient (Wildman–Crippen LogP) is 5.50. The van der Waals surface area contributed by atoms with Crippen LogP contribution in [0, 0.1) is 0 Å². The van der Waals surface area contributed by atoms with E-state index in [2.05, 4.69) is 22.8 Å². The molecule has 0 fully saturated rings. The number of aryl methyl sites for hydroxylation is 3. The number of benzene rings is 1. The van der Waals surface area contributed by atoms with Gasteiger partial charge in [-0.15, -0.1) is 23.7 Å². The predicted molar refractivity (Wildman–Crippen MR) is 143 cm³/mol.